The monoisotopic (exact) mass is 258 g/mol. The first-order valence-corrected chi connectivity index (χ1v) is 7.33. The number of hydrogen-bond acceptors (Lipinski definition) is 3. The molecule has 3 atom stereocenters. The molecule has 1 N–H and O–H groups in total. The maximum Gasteiger partial charge on any atom is 0.160 e. The van der Waals surface area contributed by atoms with Crippen molar-refractivity contribution in [1.29, 1.82) is 0 Å². The molecule has 0 amide bonds. The Morgan fingerprint density at radius 1 is 1.37 bits per heavy atom. The average molecular weight is 258 g/mol. The second-order valence-corrected chi connectivity index (χ2v) is 5.66. The largest absolute Gasteiger partial charge is 0.305 e. The van der Waals surface area contributed by atoms with Gasteiger partial charge in [0.1, 0.15) is 0 Å². The van der Waals surface area contributed by atoms with Crippen LogP contribution in [0.15, 0.2) is 24.4 Å². The van der Waals surface area contributed by atoms with Crippen LogP contribution in [0.5, 0.6) is 0 Å². The molecule has 2 aromatic heterocycles. The van der Waals surface area contributed by atoms with E-state index in [-0.39, 0.29) is 6.04 Å². The number of nitrogens with zero attached hydrogens (tertiary/aromatic N) is 3. The standard InChI is InChI=1S/C15H22N4/c1-3-12-7-8-13(10-12)16-11(2)15-18-17-14-6-4-5-9-19(14)15/h4-6,9,11-13,16H,3,7-8,10H2,1-2H3. The van der Waals surface area contributed by atoms with Gasteiger partial charge >= 0.3 is 0 Å². The fourth-order valence-electron chi connectivity index (χ4n) is 3.18. The molecular weight excluding hydrogens is 236 g/mol. The minimum absolute atomic E-state index is 0.248. The molecule has 1 aliphatic carbocycles. The highest BCUT2D eigenvalue weighted by Crippen LogP contribution is 2.29. The van der Waals surface area contributed by atoms with Crippen molar-refractivity contribution in [3.05, 3.63) is 30.2 Å². The zero-order valence-electron chi connectivity index (χ0n) is 11.7. The molecule has 3 rings (SSSR count). The van der Waals surface area contributed by atoms with Gasteiger partial charge in [-0.05, 0) is 44.2 Å². The number of rotatable bonds is 4. The molecule has 0 aromatic carbocycles. The summed E-state index contributed by atoms with van der Waals surface area (Å²) < 4.78 is 2.07. The number of hydrogen-bond donors (Lipinski definition) is 1. The van der Waals surface area contributed by atoms with Crippen molar-refractivity contribution in [2.24, 2.45) is 5.92 Å². The average Bonchev–Trinajstić information content (AvgIpc) is 3.04. The van der Waals surface area contributed by atoms with Gasteiger partial charge in [-0.2, -0.15) is 0 Å². The third-order valence-electron chi connectivity index (χ3n) is 4.33. The van der Waals surface area contributed by atoms with E-state index in [1.807, 2.05) is 24.4 Å². The van der Waals surface area contributed by atoms with Crippen molar-refractivity contribution >= 4 is 5.65 Å². The van der Waals surface area contributed by atoms with Crippen LogP contribution in [0, 0.1) is 5.92 Å². The van der Waals surface area contributed by atoms with E-state index >= 15 is 0 Å². The summed E-state index contributed by atoms with van der Waals surface area (Å²) in [6, 6.07) is 6.89. The van der Waals surface area contributed by atoms with Crippen molar-refractivity contribution in [3.8, 4) is 0 Å². The van der Waals surface area contributed by atoms with E-state index in [1.54, 1.807) is 0 Å². The van der Waals surface area contributed by atoms with Gasteiger partial charge < -0.3 is 5.32 Å². The van der Waals surface area contributed by atoms with Crippen LogP contribution in [0.25, 0.3) is 5.65 Å². The van der Waals surface area contributed by atoms with E-state index in [0.717, 1.165) is 17.4 Å². The Morgan fingerprint density at radius 2 is 2.26 bits per heavy atom. The predicted octanol–water partition coefficient (Wildman–Crippen LogP) is 2.96. The summed E-state index contributed by atoms with van der Waals surface area (Å²) in [5.74, 6) is 1.91. The van der Waals surface area contributed by atoms with Crippen LogP contribution in [0.1, 0.15) is 51.4 Å². The molecule has 102 valence electrons. The first kappa shape index (κ1) is 12.6. The summed E-state index contributed by atoms with van der Waals surface area (Å²) >= 11 is 0. The summed E-state index contributed by atoms with van der Waals surface area (Å²) in [7, 11) is 0. The Labute approximate surface area is 114 Å². The Hall–Kier alpha value is -1.42. The lowest BCUT2D eigenvalue weighted by Crippen LogP contribution is -2.30. The van der Waals surface area contributed by atoms with Crippen LogP contribution in [-0.4, -0.2) is 20.6 Å². The molecule has 1 fully saturated rings. The molecule has 1 saturated carbocycles. The number of pyridine rings is 1. The Morgan fingerprint density at radius 3 is 3.05 bits per heavy atom. The predicted molar refractivity (Wildman–Crippen MR) is 76.0 cm³/mol. The third-order valence-corrected chi connectivity index (χ3v) is 4.33. The van der Waals surface area contributed by atoms with Crippen LogP contribution in [0.4, 0.5) is 0 Å². The van der Waals surface area contributed by atoms with Gasteiger partial charge in [-0.1, -0.05) is 19.4 Å². The van der Waals surface area contributed by atoms with E-state index in [1.165, 1.54) is 25.7 Å². The number of fused-ring (bicyclic) bond motifs is 1. The van der Waals surface area contributed by atoms with Gasteiger partial charge in [0.25, 0.3) is 0 Å². The maximum atomic E-state index is 4.33. The highest BCUT2D eigenvalue weighted by molar-refractivity contribution is 5.37. The van der Waals surface area contributed by atoms with Crippen molar-refractivity contribution in [3.63, 3.8) is 0 Å². The Bertz CT molecular complexity index is 548. The zero-order chi connectivity index (χ0) is 13.2. The molecule has 4 heteroatoms. The van der Waals surface area contributed by atoms with E-state index in [4.69, 9.17) is 0 Å². The van der Waals surface area contributed by atoms with Gasteiger partial charge in [0.2, 0.25) is 0 Å². The second kappa shape index (κ2) is 5.29. The fraction of sp³-hybridized carbons (Fsp3) is 0.600. The topological polar surface area (TPSA) is 42.2 Å². The van der Waals surface area contributed by atoms with Crippen LogP contribution in [0.3, 0.4) is 0 Å². The lowest BCUT2D eigenvalue weighted by atomic mass is 10.1. The molecule has 19 heavy (non-hydrogen) atoms. The summed E-state index contributed by atoms with van der Waals surface area (Å²) in [4.78, 5) is 0. The lowest BCUT2D eigenvalue weighted by molar-refractivity contribution is 0.426. The SMILES string of the molecule is CCC1CCC(NC(C)c2nnc3ccccn23)C1. The van der Waals surface area contributed by atoms with Crippen LogP contribution in [0.2, 0.25) is 0 Å². The highest BCUT2D eigenvalue weighted by Gasteiger charge is 2.25. The van der Waals surface area contributed by atoms with Gasteiger partial charge in [-0.3, -0.25) is 4.40 Å². The molecule has 0 spiro atoms. The second-order valence-electron chi connectivity index (χ2n) is 5.66. The van der Waals surface area contributed by atoms with E-state index in [0.29, 0.717) is 6.04 Å². The van der Waals surface area contributed by atoms with Crippen LogP contribution >= 0.6 is 0 Å². The first-order valence-electron chi connectivity index (χ1n) is 7.33. The van der Waals surface area contributed by atoms with Gasteiger partial charge in [-0.25, -0.2) is 0 Å². The number of nitrogens with one attached hydrogen (secondary N) is 1. The molecule has 3 unspecified atom stereocenters. The van der Waals surface area contributed by atoms with Crippen molar-refractivity contribution < 1.29 is 0 Å². The normalized spacial score (nSPS) is 24.9. The minimum Gasteiger partial charge on any atom is -0.305 e. The van der Waals surface area contributed by atoms with Crippen LogP contribution in [-0.2, 0) is 0 Å². The number of aromatic nitrogens is 3. The van der Waals surface area contributed by atoms with E-state index in [9.17, 15) is 0 Å². The van der Waals surface area contributed by atoms with Crippen molar-refractivity contribution in [1.82, 2.24) is 19.9 Å². The summed E-state index contributed by atoms with van der Waals surface area (Å²) in [6.45, 7) is 4.48. The molecule has 0 bridgehead atoms. The van der Waals surface area contributed by atoms with Gasteiger partial charge in [0.05, 0.1) is 6.04 Å². The van der Waals surface area contributed by atoms with Gasteiger partial charge in [0, 0.05) is 12.2 Å². The maximum absolute atomic E-state index is 4.33. The molecule has 0 radical (unpaired) electrons. The quantitative estimate of drug-likeness (QED) is 0.916. The van der Waals surface area contributed by atoms with Gasteiger partial charge in [-0.15, -0.1) is 10.2 Å². The minimum atomic E-state index is 0.248. The lowest BCUT2D eigenvalue weighted by Gasteiger charge is -2.18. The van der Waals surface area contributed by atoms with Gasteiger partial charge in [0.15, 0.2) is 11.5 Å². The third kappa shape index (κ3) is 2.50. The smallest absolute Gasteiger partial charge is 0.160 e. The summed E-state index contributed by atoms with van der Waals surface area (Å²) in [5, 5.41) is 12.3. The molecular formula is C15H22N4. The highest BCUT2D eigenvalue weighted by atomic mass is 15.3. The molecule has 1 aliphatic rings. The van der Waals surface area contributed by atoms with E-state index < -0.39 is 0 Å². The molecule has 0 aliphatic heterocycles. The molecule has 2 heterocycles. The molecule has 2 aromatic rings. The fourth-order valence-corrected chi connectivity index (χ4v) is 3.18. The Balaban J connectivity index is 1.72. The summed E-state index contributed by atoms with van der Waals surface area (Å²) in [6.07, 6.45) is 7.30. The molecule has 4 nitrogen and oxygen atoms in total. The first-order chi connectivity index (χ1) is 9.28. The van der Waals surface area contributed by atoms with Crippen LogP contribution < -0.4 is 5.32 Å². The Kier molecular flexibility index (Phi) is 3.51. The molecule has 0 saturated heterocycles. The van der Waals surface area contributed by atoms with E-state index in [2.05, 4.69) is 33.8 Å². The van der Waals surface area contributed by atoms with Crippen molar-refractivity contribution in [2.75, 3.05) is 0 Å². The van der Waals surface area contributed by atoms with Crippen molar-refractivity contribution in [2.45, 2.75) is 51.6 Å². The summed E-state index contributed by atoms with van der Waals surface area (Å²) in [5.41, 5.74) is 0.920. The zero-order valence-corrected chi connectivity index (χ0v) is 11.7.